The van der Waals surface area contributed by atoms with E-state index in [1.807, 2.05) is 30.3 Å². The number of hydrogen-bond acceptors (Lipinski definition) is 5. The first-order valence-electron chi connectivity index (χ1n) is 6.03. The molecule has 0 fully saturated rings. The van der Waals surface area contributed by atoms with Gasteiger partial charge in [-0.3, -0.25) is 0 Å². The van der Waals surface area contributed by atoms with Gasteiger partial charge >= 0.3 is 5.97 Å². The number of aliphatic hydroxyl groups excluding tert-OH is 1. The van der Waals surface area contributed by atoms with Gasteiger partial charge in [-0.05, 0) is 12.5 Å². The zero-order valence-electron chi connectivity index (χ0n) is 10.7. The molecule has 0 aromatic heterocycles. The van der Waals surface area contributed by atoms with Crippen molar-refractivity contribution in [3.8, 4) is 0 Å². The lowest BCUT2D eigenvalue weighted by molar-refractivity contribution is -0.148. The van der Waals surface area contributed by atoms with Gasteiger partial charge < -0.3 is 19.3 Å². The lowest BCUT2D eigenvalue weighted by Crippen LogP contribution is -2.30. The first kappa shape index (κ1) is 13.4. The van der Waals surface area contributed by atoms with Crippen molar-refractivity contribution in [2.24, 2.45) is 0 Å². The van der Waals surface area contributed by atoms with Gasteiger partial charge in [0.2, 0.25) is 5.76 Å². The van der Waals surface area contributed by atoms with E-state index in [0.717, 1.165) is 5.56 Å². The Morgan fingerprint density at radius 3 is 2.79 bits per heavy atom. The second kappa shape index (κ2) is 6.24. The van der Waals surface area contributed by atoms with Crippen LogP contribution in [0.15, 0.2) is 41.9 Å². The van der Waals surface area contributed by atoms with E-state index in [4.69, 9.17) is 19.3 Å². The van der Waals surface area contributed by atoms with Gasteiger partial charge in [0, 0.05) is 0 Å². The van der Waals surface area contributed by atoms with Crippen LogP contribution in [0.2, 0.25) is 0 Å². The van der Waals surface area contributed by atoms with E-state index in [2.05, 4.69) is 0 Å². The molecule has 0 saturated heterocycles. The molecule has 0 aliphatic carbocycles. The van der Waals surface area contributed by atoms with E-state index in [1.165, 1.54) is 0 Å². The van der Waals surface area contributed by atoms with Crippen molar-refractivity contribution in [1.82, 2.24) is 0 Å². The fraction of sp³-hybridized carbons (Fsp3) is 0.357. The Hall–Kier alpha value is -2.01. The molecular formula is C14H16O5. The number of allylic oxidation sites excluding steroid dienone is 1. The van der Waals surface area contributed by atoms with Crippen molar-refractivity contribution in [2.75, 3.05) is 13.2 Å². The third-order valence-electron chi connectivity index (χ3n) is 2.68. The van der Waals surface area contributed by atoms with Crippen LogP contribution in [0.4, 0.5) is 0 Å². The predicted octanol–water partition coefficient (Wildman–Crippen LogP) is 1.37. The van der Waals surface area contributed by atoms with E-state index in [0.29, 0.717) is 5.76 Å². The van der Waals surface area contributed by atoms with Gasteiger partial charge in [0.1, 0.15) is 19.0 Å². The third kappa shape index (κ3) is 3.48. The molecule has 1 aliphatic heterocycles. The van der Waals surface area contributed by atoms with Gasteiger partial charge in [-0.15, -0.1) is 0 Å². The average molecular weight is 264 g/mol. The Labute approximate surface area is 111 Å². The summed E-state index contributed by atoms with van der Waals surface area (Å²) in [6.45, 7) is 1.79. The molecular weight excluding hydrogens is 248 g/mol. The Morgan fingerprint density at radius 2 is 2.16 bits per heavy atom. The molecule has 19 heavy (non-hydrogen) atoms. The van der Waals surface area contributed by atoms with Gasteiger partial charge in [0.25, 0.3) is 0 Å². The van der Waals surface area contributed by atoms with Crippen LogP contribution in [0, 0.1) is 0 Å². The van der Waals surface area contributed by atoms with E-state index < -0.39 is 12.1 Å². The molecule has 1 aromatic rings. The van der Waals surface area contributed by atoms with Gasteiger partial charge in [0.05, 0.1) is 6.61 Å². The lowest BCUT2D eigenvalue weighted by atomic mass is 10.2. The molecule has 102 valence electrons. The second-order valence-corrected chi connectivity index (χ2v) is 4.18. The summed E-state index contributed by atoms with van der Waals surface area (Å²) in [5.74, 6) is -0.151. The quantitative estimate of drug-likeness (QED) is 0.832. The zero-order valence-corrected chi connectivity index (χ0v) is 10.7. The summed E-state index contributed by atoms with van der Waals surface area (Å²) >= 11 is 0. The van der Waals surface area contributed by atoms with Gasteiger partial charge in [-0.1, -0.05) is 30.3 Å². The Morgan fingerprint density at radius 1 is 1.42 bits per heavy atom. The molecule has 1 aliphatic rings. The number of rotatable bonds is 4. The fourth-order valence-corrected chi connectivity index (χ4v) is 1.70. The van der Waals surface area contributed by atoms with Crippen molar-refractivity contribution >= 4 is 5.97 Å². The van der Waals surface area contributed by atoms with Crippen LogP contribution in [-0.2, 0) is 25.6 Å². The zero-order chi connectivity index (χ0) is 13.7. The minimum Gasteiger partial charge on any atom is -0.485 e. The minimum absolute atomic E-state index is 0.0700. The van der Waals surface area contributed by atoms with Gasteiger partial charge in [-0.25, -0.2) is 4.79 Å². The summed E-state index contributed by atoms with van der Waals surface area (Å²) in [4.78, 5) is 11.8. The van der Waals surface area contributed by atoms with Crippen LogP contribution in [0.1, 0.15) is 12.5 Å². The van der Waals surface area contributed by atoms with Crippen molar-refractivity contribution < 1.29 is 24.1 Å². The Bertz CT molecular complexity index is 466. The van der Waals surface area contributed by atoms with Crippen LogP contribution in [-0.4, -0.2) is 30.4 Å². The highest BCUT2D eigenvalue weighted by Crippen LogP contribution is 2.18. The van der Waals surface area contributed by atoms with Crippen LogP contribution < -0.4 is 0 Å². The molecule has 0 spiro atoms. The van der Waals surface area contributed by atoms with Crippen molar-refractivity contribution in [3.05, 3.63) is 47.4 Å². The molecule has 0 bridgehead atoms. The maximum Gasteiger partial charge on any atom is 0.377 e. The highest BCUT2D eigenvalue weighted by atomic mass is 16.6. The number of carbonyl (C=O) groups is 1. The molecule has 5 heteroatoms. The third-order valence-corrected chi connectivity index (χ3v) is 2.68. The fourth-order valence-electron chi connectivity index (χ4n) is 1.70. The molecule has 2 rings (SSSR count). The monoisotopic (exact) mass is 264 g/mol. The number of ether oxygens (including phenoxy) is 3. The molecule has 5 nitrogen and oxygen atoms in total. The second-order valence-electron chi connectivity index (χ2n) is 4.18. The van der Waals surface area contributed by atoms with Crippen LogP contribution in [0.3, 0.4) is 0 Å². The summed E-state index contributed by atoms with van der Waals surface area (Å²) in [5, 5.41) is 8.94. The first-order valence-corrected chi connectivity index (χ1v) is 6.03. The van der Waals surface area contributed by atoms with Gasteiger partial charge in [-0.2, -0.15) is 0 Å². The summed E-state index contributed by atoms with van der Waals surface area (Å²) in [6, 6.07) is 9.38. The summed E-state index contributed by atoms with van der Waals surface area (Å²) in [5.41, 5.74) is 0.902. The highest BCUT2D eigenvalue weighted by molar-refractivity contribution is 5.86. The molecule has 1 N–H and O–H groups in total. The molecule has 0 amide bonds. The predicted molar refractivity (Wildman–Crippen MR) is 66.8 cm³/mol. The average Bonchev–Trinajstić information content (AvgIpc) is 2.45. The van der Waals surface area contributed by atoms with E-state index in [-0.39, 0.29) is 25.6 Å². The number of esters is 1. The van der Waals surface area contributed by atoms with Crippen molar-refractivity contribution in [2.45, 2.75) is 19.6 Å². The molecule has 0 radical (unpaired) electrons. The smallest absolute Gasteiger partial charge is 0.377 e. The van der Waals surface area contributed by atoms with E-state index in [9.17, 15) is 4.79 Å². The lowest BCUT2D eigenvalue weighted by Gasteiger charge is -2.25. The normalized spacial score (nSPS) is 18.5. The molecule has 1 atom stereocenters. The van der Waals surface area contributed by atoms with Crippen LogP contribution in [0.5, 0.6) is 0 Å². The Kier molecular flexibility index (Phi) is 4.41. The minimum atomic E-state index is -0.558. The molecule has 1 unspecified atom stereocenters. The maximum absolute atomic E-state index is 11.8. The molecule has 1 heterocycles. The number of benzene rings is 1. The molecule has 1 aromatic carbocycles. The van der Waals surface area contributed by atoms with Crippen LogP contribution in [0.25, 0.3) is 0 Å². The topological polar surface area (TPSA) is 65.0 Å². The van der Waals surface area contributed by atoms with Crippen LogP contribution >= 0.6 is 0 Å². The SMILES string of the molecule is CC1=C(C(=O)OCc2ccccc2)OCC(CO)O1. The largest absolute Gasteiger partial charge is 0.485 e. The van der Waals surface area contributed by atoms with Crippen molar-refractivity contribution in [1.29, 1.82) is 0 Å². The van der Waals surface area contributed by atoms with Gasteiger partial charge in [0.15, 0.2) is 6.10 Å². The molecule has 0 saturated carbocycles. The highest BCUT2D eigenvalue weighted by Gasteiger charge is 2.26. The number of aliphatic hydroxyl groups is 1. The van der Waals surface area contributed by atoms with Crippen molar-refractivity contribution in [3.63, 3.8) is 0 Å². The summed E-state index contributed by atoms with van der Waals surface area (Å²) < 4.78 is 15.7. The van der Waals surface area contributed by atoms with E-state index in [1.54, 1.807) is 6.92 Å². The Balaban J connectivity index is 1.93. The standard InChI is InChI=1S/C14H16O5/c1-10-13(17-9-12(7-15)19-10)14(16)18-8-11-5-3-2-4-6-11/h2-6,12,15H,7-9H2,1H3. The first-order chi connectivity index (χ1) is 9.20. The number of carbonyl (C=O) groups excluding carboxylic acids is 1. The number of hydrogen-bond donors (Lipinski definition) is 1. The summed E-state index contributed by atoms with van der Waals surface area (Å²) in [7, 11) is 0. The maximum atomic E-state index is 11.8. The van der Waals surface area contributed by atoms with E-state index >= 15 is 0 Å². The summed E-state index contributed by atoms with van der Waals surface area (Å²) in [6.07, 6.45) is -0.425.